The van der Waals surface area contributed by atoms with Crippen molar-refractivity contribution in [2.24, 2.45) is 0 Å². The van der Waals surface area contributed by atoms with Gasteiger partial charge in [0.15, 0.2) is 0 Å². The van der Waals surface area contributed by atoms with Crippen LogP contribution >= 0.6 is 0 Å². The largest absolute Gasteiger partial charge is 0.395 e. The lowest BCUT2D eigenvalue weighted by Gasteiger charge is -2.39. The maximum atomic E-state index is 12.3. The topological polar surface area (TPSA) is 47.0 Å². The number of carbonyl (C=O) groups excluding carboxylic acids is 1. The standard InChI is InChI=1S/C15H29N3O2/c1-3-13(12-19)17-7-9-18(10-8-17)15(20)11-16(4-2)14-5-6-14/h13-14,19H,3-12H2,1-2H3. The molecule has 116 valence electrons. The second-order valence-electron chi connectivity index (χ2n) is 5.96. The van der Waals surface area contributed by atoms with Gasteiger partial charge in [0.05, 0.1) is 13.2 Å². The number of piperazine rings is 1. The maximum absolute atomic E-state index is 12.3. The highest BCUT2D eigenvalue weighted by atomic mass is 16.3. The SMILES string of the molecule is CCC(CO)N1CCN(C(=O)CN(CC)C2CC2)CC1. The van der Waals surface area contributed by atoms with Crippen molar-refractivity contribution in [2.45, 2.75) is 45.2 Å². The first kappa shape index (κ1) is 15.7. The molecule has 2 aliphatic rings. The van der Waals surface area contributed by atoms with Crippen LogP contribution in [0.2, 0.25) is 0 Å². The van der Waals surface area contributed by atoms with Crippen molar-refractivity contribution >= 4 is 5.91 Å². The maximum Gasteiger partial charge on any atom is 0.236 e. The zero-order valence-corrected chi connectivity index (χ0v) is 12.9. The second-order valence-corrected chi connectivity index (χ2v) is 5.96. The molecule has 2 rings (SSSR count). The van der Waals surface area contributed by atoms with Gasteiger partial charge >= 0.3 is 0 Å². The molecule has 1 saturated heterocycles. The predicted molar refractivity (Wildman–Crippen MR) is 79.6 cm³/mol. The third kappa shape index (κ3) is 3.93. The van der Waals surface area contributed by atoms with E-state index in [0.717, 1.165) is 39.1 Å². The van der Waals surface area contributed by atoms with Crippen molar-refractivity contribution in [3.8, 4) is 0 Å². The Morgan fingerprint density at radius 1 is 1.25 bits per heavy atom. The summed E-state index contributed by atoms with van der Waals surface area (Å²) in [4.78, 5) is 18.9. The summed E-state index contributed by atoms with van der Waals surface area (Å²) in [5.41, 5.74) is 0. The fourth-order valence-corrected chi connectivity index (χ4v) is 3.05. The number of nitrogens with zero attached hydrogens (tertiary/aromatic N) is 3. The molecule has 1 aliphatic carbocycles. The van der Waals surface area contributed by atoms with Gasteiger partial charge in [-0.2, -0.15) is 0 Å². The summed E-state index contributed by atoms with van der Waals surface area (Å²) in [7, 11) is 0. The van der Waals surface area contributed by atoms with Gasteiger partial charge in [-0.15, -0.1) is 0 Å². The van der Waals surface area contributed by atoms with Gasteiger partial charge in [-0.05, 0) is 25.8 Å². The summed E-state index contributed by atoms with van der Waals surface area (Å²) < 4.78 is 0. The van der Waals surface area contributed by atoms with E-state index in [4.69, 9.17) is 0 Å². The molecular weight excluding hydrogens is 254 g/mol. The van der Waals surface area contributed by atoms with Crippen LogP contribution in [-0.4, -0.2) is 83.7 Å². The molecule has 1 N–H and O–H groups in total. The quantitative estimate of drug-likeness (QED) is 0.734. The Morgan fingerprint density at radius 2 is 1.90 bits per heavy atom. The number of aliphatic hydroxyl groups excluding tert-OH is 1. The van der Waals surface area contributed by atoms with Gasteiger partial charge in [-0.3, -0.25) is 14.6 Å². The van der Waals surface area contributed by atoms with Gasteiger partial charge in [0.2, 0.25) is 5.91 Å². The highest BCUT2D eigenvalue weighted by Gasteiger charge is 2.31. The number of hydrogen-bond acceptors (Lipinski definition) is 4. The molecule has 0 aromatic heterocycles. The molecule has 0 spiro atoms. The first-order valence-corrected chi connectivity index (χ1v) is 8.06. The van der Waals surface area contributed by atoms with Crippen LogP contribution in [0.3, 0.4) is 0 Å². The normalized spacial score (nSPS) is 22.3. The van der Waals surface area contributed by atoms with E-state index in [1.165, 1.54) is 12.8 Å². The van der Waals surface area contributed by atoms with Crippen LogP contribution in [0.15, 0.2) is 0 Å². The van der Waals surface area contributed by atoms with Crippen molar-refractivity contribution in [3.05, 3.63) is 0 Å². The van der Waals surface area contributed by atoms with E-state index in [-0.39, 0.29) is 18.6 Å². The average Bonchev–Trinajstić information content (AvgIpc) is 3.31. The minimum Gasteiger partial charge on any atom is -0.395 e. The molecule has 2 fully saturated rings. The molecule has 1 atom stereocenters. The first-order valence-electron chi connectivity index (χ1n) is 8.06. The van der Waals surface area contributed by atoms with Crippen LogP contribution in [0.5, 0.6) is 0 Å². The number of rotatable bonds is 7. The van der Waals surface area contributed by atoms with Gasteiger partial charge in [0, 0.05) is 38.3 Å². The molecular formula is C15H29N3O2. The van der Waals surface area contributed by atoms with Crippen LogP contribution in [0.1, 0.15) is 33.1 Å². The molecule has 5 heteroatoms. The van der Waals surface area contributed by atoms with E-state index in [9.17, 15) is 9.90 Å². The van der Waals surface area contributed by atoms with Crippen molar-refractivity contribution in [3.63, 3.8) is 0 Å². The Bertz CT molecular complexity index is 308. The van der Waals surface area contributed by atoms with Gasteiger partial charge in [0.1, 0.15) is 0 Å². The van der Waals surface area contributed by atoms with Crippen molar-refractivity contribution in [1.29, 1.82) is 0 Å². The Morgan fingerprint density at radius 3 is 2.35 bits per heavy atom. The molecule has 0 radical (unpaired) electrons. The lowest BCUT2D eigenvalue weighted by Crippen LogP contribution is -2.54. The van der Waals surface area contributed by atoms with Gasteiger partial charge in [-0.1, -0.05) is 13.8 Å². The van der Waals surface area contributed by atoms with E-state index < -0.39 is 0 Å². The first-order chi connectivity index (χ1) is 9.69. The molecule has 0 aromatic carbocycles. The molecule has 1 amide bonds. The van der Waals surface area contributed by atoms with Crippen molar-refractivity contribution in [2.75, 3.05) is 45.9 Å². The van der Waals surface area contributed by atoms with Gasteiger partial charge in [-0.25, -0.2) is 0 Å². The van der Waals surface area contributed by atoms with Crippen LogP contribution < -0.4 is 0 Å². The molecule has 1 heterocycles. The number of likely N-dealkylation sites (N-methyl/N-ethyl adjacent to an activating group) is 1. The summed E-state index contributed by atoms with van der Waals surface area (Å²) >= 11 is 0. The summed E-state index contributed by atoms with van der Waals surface area (Å²) in [6.45, 7) is 9.40. The fourth-order valence-electron chi connectivity index (χ4n) is 3.05. The number of carbonyl (C=O) groups is 1. The van der Waals surface area contributed by atoms with Crippen LogP contribution in [-0.2, 0) is 4.79 Å². The van der Waals surface area contributed by atoms with Crippen molar-refractivity contribution in [1.82, 2.24) is 14.7 Å². The minimum atomic E-state index is 0.218. The zero-order valence-electron chi connectivity index (χ0n) is 12.9. The third-order valence-electron chi connectivity index (χ3n) is 4.67. The molecule has 1 saturated carbocycles. The van der Waals surface area contributed by atoms with E-state index in [2.05, 4.69) is 23.6 Å². The molecule has 5 nitrogen and oxygen atoms in total. The molecule has 1 aliphatic heterocycles. The summed E-state index contributed by atoms with van der Waals surface area (Å²) in [5, 5.41) is 9.34. The lowest BCUT2D eigenvalue weighted by atomic mass is 10.1. The number of hydrogen-bond donors (Lipinski definition) is 1. The zero-order chi connectivity index (χ0) is 14.5. The van der Waals surface area contributed by atoms with E-state index >= 15 is 0 Å². The number of amides is 1. The average molecular weight is 283 g/mol. The minimum absolute atomic E-state index is 0.218. The highest BCUT2D eigenvalue weighted by molar-refractivity contribution is 5.78. The molecule has 20 heavy (non-hydrogen) atoms. The summed E-state index contributed by atoms with van der Waals surface area (Å²) in [6, 6.07) is 0.912. The Hall–Kier alpha value is -0.650. The smallest absolute Gasteiger partial charge is 0.236 e. The van der Waals surface area contributed by atoms with E-state index in [1.807, 2.05) is 4.90 Å². The van der Waals surface area contributed by atoms with Gasteiger partial charge in [0.25, 0.3) is 0 Å². The molecule has 1 unspecified atom stereocenters. The van der Waals surface area contributed by atoms with Crippen LogP contribution in [0, 0.1) is 0 Å². The van der Waals surface area contributed by atoms with Crippen LogP contribution in [0.4, 0.5) is 0 Å². The van der Waals surface area contributed by atoms with Crippen molar-refractivity contribution < 1.29 is 9.90 Å². The Labute approximate surface area is 122 Å². The van der Waals surface area contributed by atoms with Gasteiger partial charge < -0.3 is 10.0 Å². The monoisotopic (exact) mass is 283 g/mol. The third-order valence-corrected chi connectivity index (χ3v) is 4.67. The Balaban J connectivity index is 1.76. The summed E-state index contributed by atoms with van der Waals surface area (Å²) in [6.07, 6.45) is 3.48. The number of aliphatic hydroxyl groups is 1. The lowest BCUT2D eigenvalue weighted by molar-refractivity contribution is -0.134. The molecule has 0 bridgehead atoms. The van der Waals surface area contributed by atoms with E-state index in [0.29, 0.717) is 12.6 Å². The van der Waals surface area contributed by atoms with E-state index in [1.54, 1.807) is 0 Å². The second kappa shape index (κ2) is 7.38. The Kier molecular flexibility index (Phi) is 5.81. The van der Waals surface area contributed by atoms with Crippen LogP contribution in [0.25, 0.3) is 0 Å². The fraction of sp³-hybridized carbons (Fsp3) is 0.933. The summed E-state index contributed by atoms with van der Waals surface area (Å²) in [5.74, 6) is 0.274. The predicted octanol–water partition coefficient (Wildman–Crippen LogP) is 0.386. The molecule has 0 aromatic rings. The highest BCUT2D eigenvalue weighted by Crippen LogP contribution is 2.26.